The number of benzene rings is 1. The van der Waals surface area contributed by atoms with Crippen molar-refractivity contribution in [2.24, 2.45) is 0 Å². The molecule has 2 aromatic rings. The van der Waals surface area contributed by atoms with Gasteiger partial charge in [-0.2, -0.15) is 0 Å². The normalized spacial score (nSPS) is 13.3. The lowest BCUT2D eigenvalue weighted by molar-refractivity contribution is 0.0993. The molecular formula is C17H17NO. The molecule has 0 atom stereocenters. The third-order valence-corrected chi connectivity index (χ3v) is 3.75. The zero-order valence-electron chi connectivity index (χ0n) is 11.1. The Kier molecular flexibility index (Phi) is 3.16. The van der Waals surface area contributed by atoms with E-state index in [9.17, 15) is 4.79 Å². The predicted molar refractivity (Wildman–Crippen MR) is 75.5 cm³/mol. The highest BCUT2D eigenvalue weighted by atomic mass is 16.1. The van der Waals surface area contributed by atoms with E-state index in [0.717, 1.165) is 23.2 Å². The first-order valence-corrected chi connectivity index (χ1v) is 6.79. The molecule has 1 heterocycles. The van der Waals surface area contributed by atoms with Crippen molar-refractivity contribution in [2.45, 2.75) is 32.6 Å². The Morgan fingerprint density at radius 2 is 2.00 bits per heavy atom. The molecule has 0 spiro atoms. The number of carbonyl (C=O) groups is 1. The van der Waals surface area contributed by atoms with Gasteiger partial charge in [-0.3, -0.25) is 9.78 Å². The second-order valence-electron chi connectivity index (χ2n) is 5.24. The summed E-state index contributed by atoms with van der Waals surface area (Å²) >= 11 is 0. The molecule has 1 aliphatic rings. The molecule has 0 saturated carbocycles. The van der Waals surface area contributed by atoms with E-state index >= 15 is 0 Å². The number of hydrogen-bond donors (Lipinski definition) is 0. The first-order chi connectivity index (χ1) is 9.22. The Bertz CT molecular complexity index is 631. The summed E-state index contributed by atoms with van der Waals surface area (Å²) in [5, 5.41) is 0. The van der Waals surface area contributed by atoms with Crippen LogP contribution in [0.15, 0.2) is 36.5 Å². The molecule has 2 nitrogen and oxygen atoms in total. The number of hydrogen-bond acceptors (Lipinski definition) is 2. The molecule has 1 aromatic carbocycles. The van der Waals surface area contributed by atoms with Gasteiger partial charge >= 0.3 is 0 Å². The molecule has 0 N–H and O–H groups in total. The van der Waals surface area contributed by atoms with Gasteiger partial charge in [-0.15, -0.1) is 0 Å². The molecule has 0 radical (unpaired) electrons. The van der Waals surface area contributed by atoms with Crippen LogP contribution in [0.5, 0.6) is 0 Å². The SMILES string of the molecule is Cc1cc(C(=O)Cc2ccc3c(c2)CCC3)ccn1. The number of rotatable bonds is 3. The second-order valence-corrected chi connectivity index (χ2v) is 5.24. The zero-order chi connectivity index (χ0) is 13.2. The fourth-order valence-electron chi connectivity index (χ4n) is 2.74. The van der Waals surface area contributed by atoms with Gasteiger partial charge in [0.05, 0.1) is 0 Å². The Morgan fingerprint density at radius 3 is 2.84 bits per heavy atom. The third kappa shape index (κ3) is 2.58. The van der Waals surface area contributed by atoms with E-state index < -0.39 is 0 Å². The second kappa shape index (κ2) is 4.96. The van der Waals surface area contributed by atoms with Crippen molar-refractivity contribution >= 4 is 5.78 Å². The molecule has 0 unspecified atom stereocenters. The van der Waals surface area contributed by atoms with Crippen molar-refractivity contribution in [2.75, 3.05) is 0 Å². The van der Waals surface area contributed by atoms with Crippen LogP contribution in [0.4, 0.5) is 0 Å². The van der Waals surface area contributed by atoms with Crippen LogP contribution in [-0.4, -0.2) is 10.8 Å². The van der Waals surface area contributed by atoms with Crippen LogP contribution in [0.1, 0.15) is 39.2 Å². The average molecular weight is 251 g/mol. The number of Topliss-reactive ketones (excluding diaryl/α,β-unsaturated/α-hetero) is 1. The molecule has 0 fully saturated rings. The number of aromatic nitrogens is 1. The van der Waals surface area contributed by atoms with Crippen LogP contribution >= 0.6 is 0 Å². The van der Waals surface area contributed by atoms with Gasteiger partial charge in [0.15, 0.2) is 5.78 Å². The number of ketones is 1. The lowest BCUT2D eigenvalue weighted by atomic mass is 10.00. The summed E-state index contributed by atoms with van der Waals surface area (Å²) in [7, 11) is 0. The van der Waals surface area contributed by atoms with E-state index in [0.29, 0.717) is 6.42 Å². The maximum atomic E-state index is 12.2. The van der Waals surface area contributed by atoms with Gasteiger partial charge in [0.25, 0.3) is 0 Å². The average Bonchev–Trinajstić information content (AvgIpc) is 2.86. The molecule has 0 amide bonds. The fourth-order valence-corrected chi connectivity index (χ4v) is 2.74. The van der Waals surface area contributed by atoms with Crippen LogP contribution in [-0.2, 0) is 19.3 Å². The summed E-state index contributed by atoms with van der Waals surface area (Å²) in [6, 6.07) is 10.1. The molecule has 0 bridgehead atoms. The van der Waals surface area contributed by atoms with E-state index in [-0.39, 0.29) is 5.78 Å². The quantitative estimate of drug-likeness (QED) is 0.783. The predicted octanol–water partition coefficient (Wildman–Crippen LogP) is 3.30. The number of fused-ring (bicyclic) bond motifs is 1. The van der Waals surface area contributed by atoms with Gasteiger partial charge in [0.2, 0.25) is 0 Å². The highest BCUT2D eigenvalue weighted by Crippen LogP contribution is 2.23. The molecule has 0 saturated heterocycles. The first-order valence-electron chi connectivity index (χ1n) is 6.79. The Labute approximate surface area is 113 Å². The Morgan fingerprint density at radius 1 is 1.16 bits per heavy atom. The summed E-state index contributed by atoms with van der Waals surface area (Å²) in [5.41, 5.74) is 5.65. The highest BCUT2D eigenvalue weighted by molar-refractivity contribution is 5.97. The summed E-state index contributed by atoms with van der Waals surface area (Å²) in [6.07, 6.45) is 5.77. The van der Waals surface area contributed by atoms with Crippen LogP contribution in [0.25, 0.3) is 0 Å². The van der Waals surface area contributed by atoms with Gasteiger partial charge in [0.1, 0.15) is 0 Å². The third-order valence-electron chi connectivity index (χ3n) is 3.75. The van der Waals surface area contributed by atoms with E-state index in [4.69, 9.17) is 0 Å². The molecule has 1 aliphatic carbocycles. The molecule has 19 heavy (non-hydrogen) atoms. The van der Waals surface area contributed by atoms with Crippen LogP contribution in [0.2, 0.25) is 0 Å². The summed E-state index contributed by atoms with van der Waals surface area (Å²) in [6.45, 7) is 1.91. The summed E-state index contributed by atoms with van der Waals surface area (Å²) in [4.78, 5) is 16.4. The summed E-state index contributed by atoms with van der Waals surface area (Å²) in [5.74, 6) is 0.170. The smallest absolute Gasteiger partial charge is 0.167 e. The highest BCUT2D eigenvalue weighted by Gasteiger charge is 2.13. The van der Waals surface area contributed by atoms with Crippen molar-refractivity contribution in [1.29, 1.82) is 0 Å². The van der Waals surface area contributed by atoms with Crippen LogP contribution in [0.3, 0.4) is 0 Å². The monoisotopic (exact) mass is 251 g/mol. The van der Waals surface area contributed by atoms with Gasteiger partial charge in [0, 0.05) is 23.9 Å². The lowest BCUT2D eigenvalue weighted by Gasteiger charge is -2.05. The first kappa shape index (κ1) is 12.1. The van der Waals surface area contributed by atoms with Gasteiger partial charge in [-0.25, -0.2) is 0 Å². The maximum Gasteiger partial charge on any atom is 0.167 e. The number of carbonyl (C=O) groups excluding carboxylic acids is 1. The minimum atomic E-state index is 0.170. The van der Waals surface area contributed by atoms with Crippen molar-refractivity contribution in [1.82, 2.24) is 4.98 Å². The number of pyridine rings is 1. The largest absolute Gasteiger partial charge is 0.294 e. The molecule has 2 heteroatoms. The molecule has 0 aliphatic heterocycles. The fraction of sp³-hybridized carbons (Fsp3) is 0.294. The zero-order valence-corrected chi connectivity index (χ0v) is 11.1. The van der Waals surface area contributed by atoms with E-state index in [1.165, 1.54) is 24.0 Å². The molecular weight excluding hydrogens is 234 g/mol. The van der Waals surface area contributed by atoms with Crippen molar-refractivity contribution in [3.05, 3.63) is 64.5 Å². The Hall–Kier alpha value is -1.96. The number of nitrogens with zero attached hydrogens (tertiary/aromatic N) is 1. The number of aryl methyl sites for hydroxylation is 3. The van der Waals surface area contributed by atoms with Gasteiger partial charge < -0.3 is 0 Å². The van der Waals surface area contributed by atoms with Crippen molar-refractivity contribution in [3.8, 4) is 0 Å². The maximum absolute atomic E-state index is 12.2. The van der Waals surface area contributed by atoms with E-state index in [1.807, 2.05) is 13.0 Å². The minimum absolute atomic E-state index is 0.170. The Balaban J connectivity index is 1.80. The van der Waals surface area contributed by atoms with E-state index in [1.54, 1.807) is 12.3 Å². The van der Waals surface area contributed by atoms with E-state index in [2.05, 4.69) is 23.2 Å². The van der Waals surface area contributed by atoms with Crippen LogP contribution in [0, 0.1) is 6.92 Å². The standard InChI is InChI=1S/C17H17NO/c1-12-9-16(7-8-18-12)17(19)11-13-5-6-14-3-2-4-15(14)10-13/h5-10H,2-4,11H2,1H3. The van der Waals surface area contributed by atoms with Gasteiger partial charge in [-0.1, -0.05) is 18.2 Å². The van der Waals surface area contributed by atoms with Crippen LogP contribution < -0.4 is 0 Å². The van der Waals surface area contributed by atoms with Crippen molar-refractivity contribution in [3.63, 3.8) is 0 Å². The summed E-state index contributed by atoms with van der Waals surface area (Å²) < 4.78 is 0. The van der Waals surface area contributed by atoms with Gasteiger partial charge in [-0.05, 0) is 55.0 Å². The molecule has 96 valence electrons. The minimum Gasteiger partial charge on any atom is -0.294 e. The van der Waals surface area contributed by atoms with Crippen molar-refractivity contribution < 1.29 is 4.79 Å². The lowest BCUT2D eigenvalue weighted by Crippen LogP contribution is -2.04. The molecule has 1 aromatic heterocycles. The molecule has 3 rings (SSSR count). The topological polar surface area (TPSA) is 30.0 Å².